The Morgan fingerprint density at radius 1 is 1.30 bits per heavy atom. The molecule has 1 heterocycles. The van der Waals surface area contributed by atoms with Crippen LogP contribution >= 0.6 is 0 Å². The minimum Gasteiger partial charge on any atom is -0.503 e. The summed E-state index contributed by atoms with van der Waals surface area (Å²) in [4.78, 5) is 0. The fourth-order valence-electron chi connectivity index (χ4n) is 1.98. The molecule has 0 unspecified atom stereocenters. The molecular formula is C14H17F2N3O. The first kappa shape index (κ1) is 14.5. The lowest BCUT2D eigenvalue weighted by atomic mass is 10.1. The van der Waals surface area contributed by atoms with Crippen LogP contribution in [0.3, 0.4) is 0 Å². The Labute approximate surface area is 115 Å². The van der Waals surface area contributed by atoms with Crippen molar-refractivity contribution in [2.75, 3.05) is 6.54 Å². The standard InChI is InChI=1S/C14H17F2N3O/c1-9-11(8-18-19-9)3-2-4-17-7-10-5-12(15)14(20)13(16)6-10/h5-6,8,17,20H,2-4,7H2,1H3,(H,18,19). The molecule has 108 valence electrons. The molecule has 0 aliphatic rings. The molecule has 0 aliphatic carbocycles. The smallest absolute Gasteiger partial charge is 0.187 e. The van der Waals surface area contributed by atoms with Crippen LogP contribution in [-0.2, 0) is 13.0 Å². The molecule has 0 saturated heterocycles. The maximum absolute atomic E-state index is 13.1. The number of H-pyrrole nitrogens is 1. The number of phenols is 1. The SMILES string of the molecule is Cc1[nH]ncc1CCCNCc1cc(F)c(O)c(F)c1. The third-order valence-corrected chi connectivity index (χ3v) is 3.14. The van der Waals surface area contributed by atoms with E-state index in [1.807, 2.05) is 6.92 Å². The Bertz CT molecular complexity index is 561. The van der Waals surface area contributed by atoms with Crippen molar-refractivity contribution >= 4 is 0 Å². The van der Waals surface area contributed by atoms with Crippen molar-refractivity contribution in [1.82, 2.24) is 15.5 Å². The van der Waals surface area contributed by atoms with E-state index < -0.39 is 17.4 Å². The van der Waals surface area contributed by atoms with E-state index in [4.69, 9.17) is 5.11 Å². The van der Waals surface area contributed by atoms with Gasteiger partial charge in [-0.3, -0.25) is 5.10 Å². The molecule has 6 heteroatoms. The normalized spacial score (nSPS) is 10.9. The number of halogens is 2. The zero-order valence-corrected chi connectivity index (χ0v) is 11.2. The number of rotatable bonds is 6. The number of benzene rings is 1. The predicted octanol–water partition coefficient (Wildman–Crippen LogP) is 2.42. The van der Waals surface area contributed by atoms with Gasteiger partial charge in [0, 0.05) is 12.2 Å². The van der Waals surface area contributed by atoms with E-state index in [9.17, 15) is 8.78 Å². The molecule has 1 aromatic carbocycles. The summed E-state index contributed by atoms with van der Waals surface area (Å²) in [5.41, 5.74) is 2.71. The Balaban J connectivity index is 1.75. The van der Waals surface area contributed by atoms with Gasteiger partial charge in [-0.15, -0.1) is 0 Å². The monoisotopic (exact) mass is 281 g/mol. The van der Waals surface area contributed by atoms with Gasteiger partial charge in [0.25, 0.3) is 0 Å². The van der Waals surface area contributed by atoms with Gasteiger partial charge in [0.15, 0.2) is 17.4 Å². The minimum atomic E-state index is -0.934. The molecule has 2 aromatic rings. The Hall–Kier alpha value is -1.95. The minimum absolute atomic E-state index is 0.360. The number of aromatic amines is 1. The third kappa shape index (κ3) is 3.54. The number of hydrogen-bond acceptors (Lipinski definition) is 3. The molecule has 0 saturated carbocycles. The van der Waals surface area contributed by atoms with E-state index >= 15 is 0 Å². The second-order valence-electron chi connectivity index (χ2n) is 4.71. The molecule has 0 aliphatic heterocycles. The van der Waals surface area contributed by atoms with Gasteiger partial charge < -0.3 is 10.4 Å². The number of aryl methyl sites for hydroxylation is 2. The molecule has 0 atom stereocenters. The van der Waals surface area contributed by atoms with Crippen molar-refractivity contribution in [3.05, 3.63) is 46.8 Å². The van der Waals surface area contributed by atoms with Crippen LogP contribution in [0.15, 0.2) is 18.3 Å². The molecule has 0 fully saturated rings. The van der Waals surface area contributed by atoms with Gasteiger partial charge in [-0.2, -0.15) is 5.10 Å². The van der Waals surface area contributed by atoms with Gasteiger partial charge >= 0.3 is 0 Å². The number of aromatic nitrogens is 2. The zero-order valence-electron chi connectivity index (χ0n) is 11.2. The zero-order chi connectivity index (χ0) is 14.5. The molecule has 0 spiro atoms. The number of hydrogen-bond donors (Lipinski definition) is 3. The van der Waals surface area contributed by atoms with Crippen LogP contribution in [0.1, 0.15) is 23.2 Å². The van der Waals surface area contributed by atoms with Gasteiger partial charge in [-0.25, -0.2) is 8.78 Å². The molecule has 3 N–H and O–H groups in total. The highest BCUT2D eigenvalue weighted by atomic mass is 19.1. The lowest BCUT2D eigenvalue weighted by Crippen LogP contribution is -2.15. The van der Waals surface area contributed by atoms with Crippen LogP contribution in [-0.4, -0.2) is 21.8 Å². The van der Waals surface area contributed by atoms with Crippen LogP contribution in [0.5, 0.6) is 5.75 Å². The molecule has 2 rings (SSSR count). The molecular weight excluding hydrogens is 264 g/mol. The second kappa shape index (κ2) is 6.47. The molecule has 1 aromatic heterocycles. The van der Waals surface area contributed by atoms with Gasteiger partial charge in [-0.1, -0.05) is 0 Å². The van der Waals surface area contributed by atoms with Crippen LogP contribution in [0.2, 0.25) is 0 Å². The first-order chi connectivity index (χ1) is 9.58. The molecule has 4 nitrogen and oxygen atoms in total. The highest BCUT2D eigenvalue weighted by Crippen LogP contribution is 2.21. The van der Waals surface area contributed by atoms with Gasteiger partial charge in [0.2, 0.25) is 0 Å². The van der Waals surface area contributed by atoms with E-state index in [2.05, 4.69) is 15.5 Å². The van der Waals surface area contributed by atoms with Crippen molar-refractivity contribution in [2.45, 2.75) is 26.3 Å². The summed E-state index contributed by atoms with van der Waals surface area (Å²) in [5.74, 6) is -2.80. The Morgan fingerprint density at radius 2 is 2.00 bits per heavy atom. The topological polar surface area (TPSA) is 60.9 Å². The summed E-state index contributed by atoms with van der Waals surface area (Å²) in [7, 11) is 0. The summed E-state index contributed by atoms with van der Waals surface area (Å²) in [6.45, 7) is 3.06. The maximum Gasteiger partial charge on any atom is 0.187 e. The predicted molar refractivity (Wildman–Crippen MR) is 71.4 cm³/mol. The fraction of sp³-hybridized carbons (Fsp3) is 0.357. The summed E-state index contributed by atoms with van der Waals surface area (Å²) in [6.07, 6.45) is 3.61. The lowest BCUT2D eigenvalue weighted by molar-refractivity contribution is 0.395. The van der Waals surface area contributed by atoms with Crippen LogP contribution in [0.4, 0.5) is 8.78 Å². The van der Waals surface area contributed by atoms with Crippen molar-refractivity contribution in [3.8, 4) is 5.75 Å². The lowest BCUT2D eigenvalue weighted by Gasteiger charge is -2.06. The van der Waals surface area contributed by atoms with Crippen LogP contribution < -0.4 is 5.32 Å². The average Bonchev–Trinajstić information content (AvgIpc) is 2.81. The van der Waals surface area contributed by atoms with Crippen molar-refractivity contribution in [2.24, 2.45) is 0 Å². The number of phenolic OH excluding ortho intramolecular Hbond substituents is 1. The third-order valence-electron chi connectivity index (χ3n) is 3.14. The molecule has 0 amide bonds. The first-order valence-electron chi connectivity index (χ1n) is 6.44. The van der Waals surface area contributed by atoms with E-state index in [0.29, 0.717) is 12.1 Å². The highest BCUT2D eigenvalue weighted by molar-refractivity contribution is 5.29. The highest BCUT2D eigenvalue weighted by Gasteiger charge is 2.09. The summed E-state index contributed by atoms with van der Waals surface area (Å²) in [5, 5.41) is 18.9. The molecule has 0 radical (unpaired) electrons. The average molecular weight is 281 g/mol. The summed E-state index contributed by atoms with van der Waals surface area (Å²) >= 11 is 0. The van der Waals surface area contributed by atoms with E-state index in [-0.39, 0.29) is 0 Å². The Kier molecular flexibility index (Phi) is 4.68. The van der Waals surface area contributed by atoms with E-state index in [1.165, 1.54) is 5.56 Å². The Morgan fingerprint density at radius 3 is 2.60 bits per heavy atom. The summed E-state index contributed by atoms with van der Waals surface area (Å²) < 4.78 is 26.2. The largest absolute Gasteiger partial charge is 0.503 e. The van der Waals surface area contributed by atoms with Crippen molar-refractivity contribution in [3.63, 3.8) is 0 Å². The van der Waals surface area contributed by atoms with E-state index in [0.717, 1.165) is 37.2 Å². The number of nitrogens with one attached hydrogen (secondary N) is 2. The van der Waals surface area contributed by atoms with Gasteiger partial charge in [0.1, 0.15) is 0 Å². The maximum atomic E-state index is 13.1. The van der Waals surface area contributed by atoms with Crippen molar-refractivity contribution < 1.29 is 13.9 Å². The summed E-state index contributed by atoms with van der Waals surface area (Å²) in [6, 6.07) is 2.26. The molecule has 20 heavy (non-hydrogen) atoms. The second-order valence-corrected chi connectivity index (χ2v) is 4.71. The number of nitrogens with zero attached hydrogens (tertiary/aromatic N) is 1. The van der Waals surface area contributed by atoms with Crippen LogP contribution in [0.25, 0.3) is 0 Å². The van der Waals surface area contributed by atoms with Crippen molar-refractivity contribution in [1.29, 1.82) is 0 Å². The van der Waals surface area contributed by atoms with E-state index in [1.54, 1.807) is 6.20 Å². The van der Waals surface area contributed by atoms with Crippen LogP contribution in [0, 0.1) is 18.6 Å². The van der Waals surface area contributed by atoms with Gasteiger partial charge in [-0.05, 0) is 49.6 Å². The first-order valence-corrected chi connectivity index (χ1v) is 6.44. The number of aromatic hydroxyl groups is 1. The fourth-order valence-corrected chi connectivity index (χ4v) is 1.98. The quantitative estimate of drug-likeness (QED) is 0.713. The molecule has 0 bridgehead atoms. The van der Waals surface area contributed by atoms with Gasteiger partial charge in [0.05, 0.1) is 6.20 Å².